The quantitative estimate of drug-likeness (QED) is 0.663. The van der Waals surface area contributed by atoms with Crippen molar-refractivity contribution < 1.29 is 14.3 Å². The number of nitrogens with zero attached hydrogens (tertiary/aromatic N) is 4. The summed E-state index contributed by atoms with van der Waals surface area (Å²) < 4.78 is 5.27. The van der Waals surface area contributed by atoms with Crippen molar-refractivity contribution in [2.24, 2.45) is 0 Å². The first-order valence-corrected chi connectivity index (χ1v) is 9.46. The van der Waals surface area contributed by atoms with Gasteiger partial charge in [-0.05, 0) is 24.6 Å². The fourth-order valence-electron chi connectivity index (χ4n) is 2.95. The van der Waals surface area contributed by atoms with Crippen LogP contribution in [0, 0.1) is 18.3 Å². The van der Waals surface area contributed by atoms with Gasteiger partial charge in [0.15, 0.2) is 0 Å². The number of aromatic nitrogens is 2. The van der Waals surface area contributed by atoms with Gasteiger partial charge in [0.2, 0.25) is 11.7 Å². The standard InChI is InChI=1S/C23H21N5O3/c1-15-13-25-22(27-21(15)17-7-5-4-6-8-17)23(30)26-14-20(29)28(2)18-10-9-16(12-24)11-19(18)31-3/h4-11,13H,14H2,1-3H3,(H,26,30). The highest BCUT2D eigenvalue weighted by Gasteiger charge is 2.18. The van der Waals surface area contributed by atoms with E-state index in [4.69, 9.17) is 10.00 Å². The number of methoxy groups -OCH3 is 1. The van der Waals surface area contributed by atoms with Crippen molar-refractivity contribution >= 4 is 17.5 Å². The van der Waals surface area contributed by atoms with E-state index in [-0.39, 0.29) is 18.3 Å². The summed E-state index contributed by atoms with van der Waals surface area (Å²) in [5.74, 6) is -0.552. The molecule has 0 atom stereocenters. The molecule has 0 bridgehead atoms. The van der Waals surface area contributed by atoms with E-state index in [1.54, 1.807) is 31.4 Å². The second kappa shape index (κ2) is 9.50. The number of carbonyl (C=O) groups excluding carboxylic acids is 2. The Balaban J connectivity index is 1.71. The molecule has 0 aliphatic carbocycles. The maximum absolute atomic E-state index is 12.6. The van der Waals surface area contributed by atoms with E-state index in [0.717, 1.165) is 11.1 Å². The lowest BCUT2D eigenvalue weighted by atomic mass is 10.1. The van der Waals surface area contributed by atoms with Gasteiger partial charge in [-0.1, -0.05) is 30.3 Å². The molecule has 0 fully saturated rings. The Morgan fingerprint density at radius 2 is 1.94 bits per heavy atom. The van der Waals surface area contributed by atoms with Crippen molar-refractivity contribution in [1.29, 1.82) is 5.26 Å². The molecule has 0 aliphatic rings. The Hall–Kier alpha value is -4.25. The summed E-state index contributed by atoms with van der Waals surface area (Å²) in [5, 5.41) is 11.6. The molecule has 0 spiro atoms. The van der Waals surface area contributed by atoms with Gasteiger partial charge in [0.1, 0.15) is 5.75 Å². The number of likely N-dealkylation sites (N-methyl/N-ethyl adjacent to an activating group) is 1. The van der Waals surface area contributed by atoms with Gasteiger partial charge in [0, 0.05) is 24.9 Å². The van der Waals surface area contributed by atoms with Gasteiger partial charge in [-0.2, -0.15) is 5.26 Å². The normalized spacial score (nSPS) is 10.1. The van der Waals surface area contributed by atoms with Crippen molar-refractivity contribution in [3.63, 3.8) is 0 Å². The first kappa shape index (κ1) is 21.5. The summed E-state index contributed by atoms with van der Waals surface area (Å²) >= 11 is 0. The maximum Gasteiger partial charge on any atom is 0.289 e. The minimum absolute atomic E-state index is 0.0177. The number of benzene rings is 2. The predicted molar refractivity (Wildman–Crippen MR) is 116 cm³/mol. The van der Waals surface area contributed by atoms with Crippen molar-refractivity contribution in [2.45, 2.75) is 6.92 Å². The van der Waals surface area contributed by atoms with Gasteiger partial charge in [-0.25, -0.2) is 9.97 Å². The average molecular weight is 415 g/mol. The third-order valence-corrected chi connectivity index (χ3v) is 4.67. The molecule has 2 amide bonds. The van der Waals surface area contributed by atoms with E-state index in [1.165, 1.54) is 12.0 Å². The van der Waals surface area contributed by atoms with Crippen molar-refractivity contribution in [3.8, 4) is 23.1 Å². The van der Waals surface area contributed by atoms with E-state index >= 15 is 0 Å². The van der Waals surface area contributed by atoms with Crippen LogP contribution in [0.1, 0.15) is 21.7 Å². The molecule has 3 rings (SSSR count). The largest absolute Gasteiger partial charge is 0.495 e. The molecule has 8 heteroatoms. The number of carbonyl (C=O) groups is 2. The summed E-state index contributed by atoms with van der Waals surface area (Å²) in [5.41, 5.74) is 3.28. The highest BCUT2D eigenvalue weighted by Crippen LogP contribution is 2.28. The molecule has 31 heavy (non-hydrogen) atoms. The Morgan fingerprint density at radius 1 is 1.19 bits per heavy atom. The van der Waals surface area contributed by atoms with Gasteiger partial charge in [-0.3, -0.25) is 9.59 Å². The van der Waals surface area contributed by atoms with Gasteiger partial charge in [-0.15, -0.1) is 0 Å². The van der Waals surface area contributed by atoms with Gasteiger partial charge < -0.3 is 15.0 Å². The zero-order valence-electron chi connectivity index (χ0n) is 17.4. The van der Waals surface area contributed by atoms with Gasteiger partial charge >= 0.3 is 0 Å². The summed E-state index contributed by atoms with van der Waals surface area (Å²) in [4.78, 5) is 35.0. The SMILES string of the molecule is COc1cc(C#N)ccc1N(C)C(=O)CNC(=O)c1ncc(C)c(-c2ccccc2)n1. The van der Waals surface area contributed by atoms with E-state index in [0.29, 0.717) is 22.7 Å². The molecule has 0 saturated heterocycles. The van der Waals surface area contributed by atoms with E-state index in [2.05, 4.69) is 15.3 Å². The molecule has 0 radical (unpaired) electrons. The van der Waals surface area contributed by atoms with Crippen LogP contribution in [0.5, 0.6) is 5.75 Å². The Bertz CT molecular complexity index is 1160. The van der Waals surface area contributed by atoms with Crippen LogP contribution in [0.15, 0.2) is 54.7 Å². The van der Waals surface area contributed by atoms with Gasteiger partial charge in [0.05, 0.1) is 36.7 Å². The van der Waals surface area contributed by atoms with Crippen molar-refractivity contribution in [1.82, 2.24) is 15.3 Å². The van der Waals surface area contributed by atoms with Crippen LogP contribution in [0.3, 0.4) is 0 Å². The van der Waals surface area contributed by atoms with Crippen LogP contribution in [-0.4, -0.2) is 42.5 Å². The van der Waals surface area contributed by atoms with Crippen molar-refractivity contribution in [3.05, 3.63) is 71.7 Å². The molecule has 1 aromatic heterocycles. The number of rotatable bonds is 6. The maximum atomic E-state index is 12.6. The Kier molecular flexibility index (Phi) is 6.58. The van der Waals surface area contributed by atoms with Crippen molar-refractivity contribution in [2.75, 3.05) is 25.6 Å². The Labute approximate surface area is 180 Å². The molecular weight excluding hydrogens is 394 g/mol. The number of nitrogens with one attached hydrogen (secondary N) is 1. The highest BCUT2D eigenvalue weighted by atomic mass is 16.5. The minimum Gasteiger partial charge on any atom is -0.495 e. The zero-order valence-corrected chi connectivity index (χ0v) is 17.4. The van der Waals surface area contributed by atoms with Crippen LogP contribution < -0.4 is 15.0 Å². The second-order valence-corrected chi connectivity index (χ2v) is 6.73. The molecule has 2 aromatic carbocycles. The third kappa shape index (κ3) is 4.85. The average Bonchev–Trinajstić information content (AvgIpc) is 2.82. The number of nitriles is 1. The highest BCUT2D eigenvalue weighted by molar-refractivity contribution is 5.99. The fraction of sp³-hybridized carbons (Fsp3) is 0.174. The van der Waals surface area contributed by atoms with Crippen LogP contribution >= 0.6 is 0 Å². The molecule has 156 valence electrons. The lowest BCUT2D eigenvalue weighted by Crippen LogP contribution is -2.38. The zero-order chi connectivity index (χ0) is 22.4. The molecule has 0 saturated carbocycles. The molecule has 0 aliphatic heterocycles. The van der Waals surface area contributed by atoms with Crippen LogP contribution in [-0.2, 0) is 4.79 Å². The molecule has 1 heterocycles. The van der Waals surface area contributed by atoms with Crippen LogP contribution in [0.25, 0.3) is 11.3 Å². The summed E-state index contributed by atoms with van der Waals surface area (Å²) in [6.07, 6.45) is 1.58. The first-order chi connectivity index (χ1) is 14.9. The van der Waals surface area contributed by atoms with Crippen LogP contribution in [0.4, 0.5) is 5.69 Å². The number of anilines is 1. The molecular formula is C23H21N5O3. The monoisotopic (exact) mass is 415 g/mol. The number of hydrogen-bond donors (Lipinski definition) is 1. The third-order valence-electron chi connectivity index (χ3n) is 4.67. The summed E-state index contributed by atoms with van der Waals surface area (Å²) in [7, 11) is 3.02. The second-order valence-electron chi connectivity index (χ2n) is 6.73. The fourth-order valence-corrected chi connectivity index (χ4v) is 2.95. The lowest BCUT2D eigenvalue weighted by molar-refractivity contribution is -0.117. The first-order valence-electron chi connectivity index (χ1n) is 9.46. The van der Waals surface area contributed by atoms with E-state index in [1.807, 2.05) is 43.3 Å². The predicted octanol–water partition coefficient (Wildman–Crippen LogP) is 2.73. The molecule has 3 aromatic rings. The summed E-state index contributed by atoms with van der Waals surface area (Å²) in [6.45, 7) is 1.61. The number of ether oxygens (including phenoxy) is 1. The molecule has 8 nitrogen and oxygen atoms in total. The number of hydrogen-bond acceptors (Lipinski definition) is 6. The van der Waals surface area contributed by atoms with E-state index in [9.17, 15) is 9.59 Å². The lowest BCUT2D eigenvalue weighted by Gasteiger charge is -2.20. The molecule has 0 unspecified atom stereocenters. The summed E-state index contributed by atoms with van der Waals surface area (Å²) in [6, 6.07) is 16.3. The Morgan fingerprint density at radius 3 is 2.61 bits per heavy atom. The number of amides is 2. The van der Waals surface area contributed by atoms with Crippen LogP contribution in [0.2, 0.25) is 0 Å². The molecule has 1 N–H and O–H groups in total. The smallest absolute Gasteiger partial charge is 0.289 e. The van der Waals surface area contributed by atoms with E-state index < -0.39 is 5.91 Å². The van der Waals surface area contributed by atoms with Gasteiger partial charge in [0.25, 0.3) is 5.91 Å². The topological polar surface area (TPSA) is 108 Å². The minimum atomic E-state index is -0.550. The number of aryl methyl sites for hydroxylation is 1.